The third-order valence-electron chi connectivity index (χ3n) is 3.78. The van der Waals surface area contributed by atoms with Gasteiger partial charge in [-0.25, -0.2) is 0 Å². The van der Waals surface area contributed by atoms with E-state index in [4.69, 9.17) is 4.74 Å². The van der Waals surface area contributed by atoms with Crippen LogP contribution in [0, 0.1) is 0 Å². The molecule has 0 saturated heterocycles. The van der Waals surface area contributed by atoms with Gasteiger partial charge in [-0.15, -0.1) is 0 Å². The van der Waals surface area contributed by atoms with E-state index in [9.17, 15) is 4.79 Å². The summed E-state index contributed by atoms with van der Waals surface area (Å²) in [6.45, 7) is 2.03. The second kappa shape index (κ2) is 7.31. The summed E-state index contributed by atoms with van der Waals surface area (Å²) in [5, 5.41) is 14.4. The average Bonchev–Trinajstić information content (AvgIpc) is 3.24. The number of hydrogen-bond donors (Lipinski definition) is 2. The number of methoxy groups -OCH3 is 1. The van der Waals surface area contributed by atoms with Crippen molar-refractivity contribution in [3.05, 3.63) is 52.3 Å². The topological polar surface area (TPSA) is 67.0 Å². The van der Waals surface area contributed by atoms with Crippen LogP contribution < -0.4 is 10.1 Å². The van der Waals surface area contributed by atoms with E-state index >= 15 is 0 Å². The molecular weight excluding hydrogens is 322 g/mol. The van der Waals surface area contributed by atoms with Crippen LogP contribution >= 0.6 is 11.3 Å². The molecule has 2 aromatic heterocycles. The fraction of sp³-hybridized carbons (Fsp3) is 0.222. The highest BCUT2D eigenvalue weighted by Crippen LogP contribution is 2.30. The zero-order chi connectivity index (χ0) is 16.9. The van der Waals surface area contributed by atoms with E-state index in [1.165, 1.54) is 0 Å². The number of carbonyl (C=O) groups is 1. The summed E-state index contributed by atoms with van der Waals surface area (Å²) in [4.78, 5) is 12.4. The van der Waals surface area contributed by atoms with Crippen molar-refractivity contribution in [1.82, 2.24) is 10.2 Å². The summed E-state index contributed by atoms with van der Waals surface area (Å²) in [7, 11) is 1.62. The monoisotopic (exact) mass is 341 g/mol. The first kappa shape index (κ1) is 16.3. The number of thiophene rings is 1. The molecule has 24 heavy (non-hydrogen) atoms. The Labute approximate surface area is 144 Å². The van der Waals surface area contributed by atoms with Crippen LogP contribution in [0.5, 0.6) is 5.75 Å². The van der Waals surface area contributed by atoms with Crippen LogP contribution in [0.25, 0.3) is 11.3 Å². The zero-order valence-electron chi connectivity index (χ0n) is 13.6. The number of aromatic nitrogens is 2. The van der Waals surface area contributed by atoms with Crippen LogP contribution in [0.3, 0.4) is 0 Å². The summed E-state index contributed by atoms with van der Waals surface area (Å²) in [6.07, 6.45) is 1.08. The molecule has 0 aliphatic carbocycles. The average molecular weight is 341 g/mol. The number of H-pyrrole nitrogens is 1. The van der Waals surface area contributed by atoms with Gasteiger partial charge in [0.15, 0.2) is 0 Å². The normalized spacial score (nSPS) is 10.6. The quantitative estimate of drug-likeness (QED) is 0.715. The van der Waals surface area contributed by atoms with Crippen molar-refractivity contribution < 1.29 is 9.53 Å². The minimum absolute atomic E-state index is 0.0623. The smallest absolute Gasteiger partial charge is 0.228 e. The number of rotatable bonds is 6. The van der Waals surface area contributed by atoms with Crippen LogP contribution in [-0.4, -0.2) is 23.2 Å². The minimum Gasteiger partial charge on any atom is -0.497 e. The molecular formula is C18H19N3O2S. The second-order valence-electron chi connectivity index (χ2n) is 5.36. The van der Waals surface area contributed by atoms with Crippen molar-refractivity contribution in [1.29, 1.82) is 0 Å². The maximum Gasteiger partial charge on any atom is 0.228 e. The van der Waals surface area contributed by atoms with E-state index in [-0.39, 0.29) is 5.91 Å². The van der Waals surface area contributed by atoms with Gasteiger partial charge in [-0.3, -0.25) is 9.89 Å². The first-order valence-corrected chi connectivity index (χ1v) is 8.68. The van der Waals surface area contributed by atoms with Crippen molar-refractivity contribution in [2.75, 3.05) is 12.4 Å². The summed E-state index contributed by atoms with van der Waals surface area (Å²) < 4.78 is 5.13. The van der Waals surface area contributed by atoms with Gasteiger partial charge in [-0.2, -0.15) is 16.4 Å². The van der Waals surface area contributed by atoms with Crippen LogP contribution in [0.15, 0.2) is 41.1 Å². The predicted molar refractivity (Wildman–Crippen MR) is 96.6 cm³/mol. The molecule has 3 rings (SSSR count). The van der Waals surface area contributed by atoms with E-state index in [0.717, 1.165) is 40.4 Å². The maximum absolute atomic E-state index is 12.4. The highest BCUT2D eigenvalue weighted by Gasteiger charge is 2.16. The van der Waals surface area contributed by atoms with Crippen molar-refractivity contribution in [2.45, 2.75) is 19.8 Å². The zero-order valence-corrected chi connectivity index (χ0v) is 14.4. The Morgan fingerprint density at radius 3 is 2.71 bits per heavy atom. The van der Waals surface area contributed by atoms with Gasteiger partial charge in [0.1, 0.15) is 11.4 Å². The lowest BCUT2D eigenvalue weighted by molar-refractivity contribution is -0.115. The molecule has 5 nitrogen and oxygen atoms in total. The highest BCUT2D eigenvalue weighted by molar-refractivity contribution is 7.08. The summed E-state index contributed by atoms with van der Waals surface area (Å²) >= 11 is 1.61. The third-order valence-corrected chi connectivity index (χ3v) is 4.46. The molecule has 0 fully saturated rings. The molecule has 0 atom stereocenters. The molecule has 3 aromatic rings. The number of benzene rings is 1. The van der Waals surface area contributed by atoms with E-state index in [1.54, 1.807) is 18.4 Å². The fourth-order valence-electron chi connectivity index (χ4n) is 2.49. The first-order chi connectivity index (χ1) is 11.7. The molecule has 0 aliphatic heterocycles. The number of carbonyl (C=O) groups excluding carboxylic acids is 1. The number of anilines is 1. The Balaban J connectivity index is 1.77. The standard InChI is InChI=1S/C18H19N3O2S/c1-3-15-18(17(21-20-15)13-8-9-24-11-13)19-16(22)10-12-4-6-14(23-2)7-5-12/h4-9,11H,3,10H2,1-2H3,(H,19,22)(H,20,21). The summed E-state index contributed by atoms with van der Waals surface area (Å²) in [5.41, 5.74) is 4.44. The molecule has 0 bridgehead atoms. The largest absolute Gasteiger partial charge is 0.497 e. The Morgan fingerprint density at radius 2 is 2.08 bits per heavy atom. The van der Waals surface area contributed by atoms with Crippen LogP contribution in [-0.2, 0) is 17.6 Å². The number of ether oxygens (including phenoxy) is 1. The molecule has 1 aromatic carbocycles. The van der Waals surface area contributed by atoms with Crippen molar-refractivity contribution in [3.63, 3.8) is 0 Å². The van der Waals surface area contributed by atoms with Crippen LogP contribution in [0.1, 0.15) is 18.2 Å². The highest BCUT2D eigenvalue weighted by atomic mass is 32.1. The molecule has 1 amide bonds. The van der Waals surface area contributed by atoms with Crippen molar-refractivity contribution in [2.24, 2.45) is 0 Å². The Hall–Kier alpha value is -2.60. The predicted octanol–water partition coefficient (Wildman–Crippen LogP) is 3.89. The van der Waals surface area contributed by atoms with Gasteiger partial charge in [0, 0.05) is 10.9 Å². The van der Waals surface area contributed by atoms with E-state index in [1.807, 2.05) is 48.0 Å². The van der Waals surface area contributed by atoms with E-state index < -0.39 is 0 Å². The number of nitrogens with zero attached hydrogens (tertiary/aromatic N) is 1. The number of aromatic amines is 1. The molecule has 0 radical (unpaired) electrons. The molecule has 0 spiro atoms. The van der Waals surface area contributed by atoms with Crippen molar-refractivity contribution in [3.8, 4) is 17.0 Å². The first-order valence-electron chi connectivity index (χ1n) is 7.73. The van der Waals surface area contributed by atoms with Gasteiger partial charge in [-0.05, 0) is 35.6 Å². The van der Waals surface area contributed by atoms with Crippen molar-refractivity contribution >= 4 is 22.9 Å². The van der Waals surface area contributed by atoms with E-state index in [2.05, 4.69) is 15.5 Å². The number of hydrogen-bond acceptors (Lipinski definition) is 4. The van der Waals surface area contributed by atoms with Crippen LogP contribution in [0.2, 0.25) is 0 Å². The number of aryl methyl sites for hydroxylation is 1. The van der Waals surface area contributed by atoms with Gasteiger partial charge in [0.2, 0.25) is 5.91 Å². The summed E-state index contributed by atoms with van der Waals surface area (Å²) in [5.74, 6) is 0.717. The van der Waals surface area contributed by atoms with Gasteiger partial charge in [0.25, 0.3) is 0 Å². The lowest BCUT2D eigenvalue weighted by Crippen LogP contribution is -2.15. The Kier molecular flexibility index (Phi) is 4.96. The molecule has 0 saturated carbocycles. The number of nitrogens with one attached hydrogen (secondary N) is 2. The summed E-state index contributed by atoms with van der Waals surface area (Å²) in [6, 6.07) is 9.51. The maximum atomic E-state index is 12.4. The lowest BCUT2D eigenvalue weighted by atomic mass is 10.1. The van der Waals surface area contributed by atoms with E-state index in [0.29, 0.717) is 6.42 Å². The Morgan fingerprint density at radius 1 is 1.29 bits per heavy atom. The third kappa shape index (κ3) is 3.49. The van der Waals surface area contributed by atoms with Gasteiger partial charge < -0.3 is 10.1 Å². The molecule has 2 N–H and O–H groups in total. The SMILES string of the molecule is CCc1[nH]nc(-c2ccsc2)c1NC(=O)Cc1ccc(OC)cc1. The van der Waals surface area contributed by atoms with Gasteiger partial charge in [0.05, 0.1) is 24.9 Å². The minimum atomic E-state index is -0.0623. The molecule has 124 valence electrons. The molecule has 0 aliphatic rings. The molecule has 2 heterocycles. The Bertz CT molecular complexity index is 807. The molecule has 6 heteroatoms. The lowest BCUT2D eigenvalue weighted by Gasteiger charge is -2.08. The van der Waals surface area contributed by atoms with Gasteiger partial charge in [-0.1, -0.05) is 19.1 Å². The van der Waals surface area contributed by atoms with Gasteiger partial charge >= 0.3 is 0 Å². The number of amides is 1. The second-order valence-corrected chi connectivity index (χ2v) is 6.14. The fourth-order valence-corrected chi connectivity index (χ4v) is 3.13. The molecule has 0 unspecified atom stereocenters. The van der Waals surface area contributed by atoms with Crippen LogP contribution in [0.4, 0.5) is 5.69 Å².